The van der Waals surface area contributed by atoms with Gasteiger partial charge in [0.05, 0.1) is 5.56 Å². The van der Waals surface area contributed by atoms with Gasteiger partial charge in [0, 0.05) is 19.6 Å². The lowest BCUT2D eigenvalue weighted by molar-refractivity contribution is 0.0697. The predicted octanol–water partition coefficient (Wildman–Crippen LogP) is 2.32. The van der Waals surface area contributed by atoms with Gasteiger partial charge in [-0.05, 0) is 43.4 Å². The van der Waals surface area contributed by atoms with Gasteiger partial charge in [-0.15, -0.1) is 0 Å². The van der Waals surface area contributed by atoms with Crippen molar-refractivity contribution in [1.82, 2.24) is 10.2 Å². The molecule has 20 heavy (non-hydrogen) atoms. The van der Waals surface area contributed by atoms with E-state index in [1.807, 2.05) is 6.92 Å². The largest absolute Gasteiger partial charge is 0.478 e. The highest BCUT2D eigenvalue weighted by Gasteiger charge is 2.29. The third-order valence-electron chi connectivity index (χ3n) is 3.65. The number of hydrogen-bond donors (Lipinski definition) is 2. The zero-order chi connectivity index (χ0) is 14.7. The molecule has 1 aromatic carbocycles. The van der Waals surface area contributed by atoms with E-state index in [1.54, 1.807) is 36.2 Å². The third kappa shape index (κ3) is 3.73. The van der Waals surface area contributed by atoms with Gasteiger partial charge in [0.2, 0.25) is 0 Å². The molecule has 1 fully saturated rings. The molecule has 2 rings (SSSR count). The van der Waals surface area contributed by atoms with Crippen molar-refractivity contribution in [3.63, 3.8) is 0 Å². The van der Waals surface area contributed by atoms with E-state index in [2.05, 4.69) is 5.32 Å². The number of carbonyl (C=O) groups excluding carboxylic acids is 1. The molecule has 2 amide bonds. The Bertz CT molecular complexity index is 494. The van der Waals surface area contributed by atoms with Crippen molar-refractivity contribution in [1.29, 1.82) is 0 Å². The lowest BCUT2D eigenvalue weighted by Crippen LogP contribution is -2.42. The van der Waals surface area contributed by atoms with Crippen LogP contribution in [0.15, 0.2) is 24.3 Å². The Labute approximate surface area is 118 Å². The maximum Gasteiger partial charge on any atom is 0.335 e. The van der Waals surface area contributed by atoms with E-state index in [1.165, 1.54) is 12.8 Å². The fraction of sp³-hybridized carbons (Fsp3) is 0.467. The molecular weight excluding hydrogens is 256 g/mol. The highest BCUT2D eigenvalue weighted by molar-refractivity contribution is 5.87. The number of carbonyl (C=O) groups is 2. The van der Waals surface area contributed by atoms with Gasteiger partial charge in [-0.2, -0.15) is 0 Å². The minimum absolute atomic E-state index is 0.0910. The molecule has 1 aliphatic carbocycles. The predicted molar refractivity (Wildman–Crippen MR) is 75.6 cm³/mol. The molecule has 0 aliphatic heterocycles. The summed E-state index contributed by atoms with van der Waals surface area (Å²) in [5, 5.41) is 11.8. The Morgan fingerprint density at radius 1 is 1.35 bits per heavy atom. The smallest absolute Gasteiger partial charge is 0.335 e. The van der Waals surface area contributed by atoms with Crippen molar-refractivity contribution in [2.24, 2.45) is 5.92 Å². The molecule has 1 saturated carbocycles. The molecule has 5 heteroatoms. The number of amides is 2. The van der Waals surface area contributed by atoms with Gasteiger partial charge in [-0.25, -0.2) is 9.59 Å². The summed E-state index contributed by atoms with van der Waals surface area (Å²) in [6.07, 6.45) is 2.39. The van der Waals surface area contributed by atoms with Crippen molar-refractivity contribution in [3.8, 4) is 0 Å². The number of carboxylic acids is 1. The van der Waals surface area contributed by atoms with Crippen LogP contribution in [0.1, 0.15) is 35.7 Å². The molecule has 1 aliphatic rings. The molecule has 1 aromatic rings. The van der Waals surface area contributed by atoms with E-state index in [9.17, 15) is 9.59 Å². The third-order valence-corrected chi connectivity index (χ3v) is 3.65. The van der Waals surface area contributed by atoms with Crippen LogP contribution in [0.4, 0.5) is 4.79 Å². The highest BCUT2D eigenvalue weighted by Crippen LogP contribution is 2.32. The number of urea groups is 1. The second kappa shape index (κ2) is 5.94. The Balaban J connectivity index is 1.87. The molecule has 0 heterocycles. The van der Waals surface area contributed by atoms with Crippen molar-refractivity contribution in [2.45, 2.75) is 32.4 Å². The SMILES string of the molecule is CC(NC(=O)N(C)Cc1ccc(C(=O)O)cc1)C1CC1. The van der Waals surface area contributed by atoms with Crippen LogP contribution >= 0.6 is 0 Å². The van der Waals surface area contributed by atoms with Gasteiger partial charge in [-0.3, -0.25) is 0 Å². The molecule has 1 unspecified atom stereocenters. The standard InChI is InChI=1S/C15H20N2O3/c1-10(12-7-8-12)16-15(20)17(2)9-11-3-5-13(6-4-11)14(18)19/h3-6,10,12H,7-9H2,1-2H3,(H,16,20)(H,18,19). The Morgan fingerprint density at radius 3 is 2.45 bits per heavy atom. The van der Waals surface area contributed by atoms with Crippen molar-refractivity contribution in [2.75, 3.05) is 7.05 Å². The number of benzene rings is 1. The summed E-state index contributed by atoms with van der Waals surface area (Å²) in [5.41, 5.74) is 1.16. The van der Waals surface area contributed by atoms with Crippen LogP contribution in [0, 0.1) is 5.92 Å². The topological polar surface area (TPSA) is 69.6 Å². The van der Waals surface area contributed by atoms with Crippen LogP contribution in [-0.2, 0) is 6.54 Å². The summed E-state index contributed by atoms with van der Waals surface area (Å²) < 4.78 is 0. The number of rotatable bonds is 5. The van der Waals surface area contributed by atoms with Crippen molar-refractivity contribution < 1.29 is 14.7 Å². The van der Waals surface area contributed by atoms with Gasteiger partial charge < -0.3 is 15.3 Å². The number of nitrogens with zero attached hydrogens (tertiary/aromatic N) is 1. The zero-order valence-electron chi connectivity index (χ0n) is 11.8. The number of hydrogen-bond acceptors (Lipinski definition) is 2. The molecule has 0 bridgehead atoms. The van der Waals surface area contributed by atoms with Gasteiger partial charge in [-0.1, -0.05) is 12.1 Å². The van der Waals surface area contributed by atoms with E-state index in [0.717, 1.165) is 5.56 Å². The molecule has 2 N–H and O–H groups in total. The Kier molecular flexibility index (Phi) is 4.27. The van der Waals surface area contributed by atoms with Crippen LogP contribution in [0.25, 0.3) is 0 Å². The van der Waals surface area contributed by atoms with Crippen LogP contribution in [-0.4, -0.2) is 35.1 Å². The first-order valence-electron chi connectivity index (χ1n) is 6.81. The summed E-state index contributed by atoms with van der Waals surface area (Å²) in [7, 11) is 1.74. The molecular formula is C15H20N2O3. The van der Waals surface area contributed by atoms with E-state index >= 15 is 0 Å². The van der Waals surface area contributed by atoms with Gasteiger partial charge in [0.1, 0.15) is 0 Å². The summed E-state index contributed by atoms with van der Waals surface area (Å²) in [5.74, 6) is -0.317. The lowest BCUT2D eigenvalue weighted by Gasteiger charge is -2.21. The average molecular weight is 276 g/mol. The van der Waals surface area contributed by atoms with Gasteiger partial charge >= 0.3 is 12.0 Å². The quantitative estimate of drug-likeness (QED) is 0.867. The molecule has 5 nitrogen and oxygen atoms in total. The first-order valence-corrected chi connectivity index (χ1v) is 6.81. The van der Waals surface area contributed by atoms with Crippen LogP contribution < -0.4 is 5.32 Å². The second-order valence-corrected chi connectivity index (χ2v) is 5.43. The number of aromatic carboxylic acids is 1. The van der Waals surface area contributed by atoms with Crippen LogP contribution in [0.5, 0.6) is 0 Å². The fourth-order valence-corrected chi connectivity index (χ4v) is 2.12. The minimum Gasteiger partial charge on any atom is -0.478 e. The van der Waals surface area contributed by atoms with E-state index in [-0.39, 0.29) is 17.6 Å². The summed E-state index contributed by atoms with van der Waals surface area (Å²) in [6.45, 7) is 2.49. The molecule has 0 radical (unpaired) electrons. The average Bonchev–Trinajstić information content (AvgIpc) is 3.23. The molecule has 1 atom stereocenters. The minimum atomic E-state index is -0.944. The summed E-state index contributed by atoms with van der Waals surface area (Å²) >= 11 is 0. The zero-order valence-corrected chi connectivity index (χ0v) is 11.8. The molecule has 0 aromatic heterocycles. The van der Waals surface area contributed by atoms with Gasteiger partial charge in [0.15, 0.2) is 0 Å². The first kappa shape index (κ1) is 14.4. The molecule has 0 saturated heterocycles. The number of nitrogens with one attached hydrogen (secondary N) is 1. The first-order chi connectivity index (χ1) is 9.47. The summed E-state index contributed by atoms with van der Waals surface area (Å²) in [6, 6.07) is 6.70. The van der Waals surface area contributed by atoms with Crippen LogP contribution in [0.2, 0.25) is 0 Å². The van der Waals surface area contributed by atoms with Crippen molar-refractivity contribution >= 4 is 12.0 Å². The fourth-order valence-electron chi connectivity index (χ4n) is 2.12. The van der Waals surface area contributed by atoms with E-state index in [0.29, 0.717) is 12.5 Å². The van der Waals surface area contributed by atoms with E-state index in [4.69, 9.17) is 5.11 Å². The van der Waals surface area contributed by atoms with Gasteiger partial charge in [0.25, 0.3) is 0 Å². The molecule has 0 spiro atoms. The number of carboxylic acid groups (broad SMARTS) is 1. The summed E-state index contributed by atoms with van der Waals surface area (Å²) in [4.78, 5) is 24.4. The normalized spacial score (nSPS) is 15.5. The Hall–Kier alpha value is -2.04. The Morgan fingerprint density at radius 2 is 1.95 bits per heavy atom. The maximum absolute atomic E-state index is 12.0. The lowest BCUT2D eigenvalue weighted by atomic mass is 10.1. The maximum atomic E-state index is 12.0. The highest BCUT2D eigenvalue weighted by atomic mass is 16.4. The second-order valence-electron chi connectivity index (χ2n) is 5.43. The van der Waals surface area contributed by atoms with Crippen molar-refractivity contribution in [3.05, 3.63) is 35.4 Å². The van der Waals surface area contributed by atoms with E-state index < -0.39 is 5.97 Å². The van der Waals surface area contributed by atoms with Crippen LogP contribution in [0.3, 0.4) is 0 Å². The monoisotopic (exact) mass is 276 g/mol. The molecule has 108 valence electrons.